The first-order chi connectivity index (χ1) is 5.79. The molecule has 0 aliphatic rings. The molecular weight excluding hydrogens is 218 g/mol. The highest BCUT2D eigenvalue weighted by molar-refractivity contribution is 9.10. The topological polar surface area (TPSA) is 36.9 Å². The molecule has 58 valence electrons. The van der Waals surface area contributed by atoms with Gasteiger partial charge in [0.1, 0.15) is 11.7 Å². The third-order valence-corrected chi connectivity index (χ3v) is 2.08. The van der Waals surface area contributed by atoms with Crippen LogP contribution in [0.5, 0.6) is 0 Å². The van der Waals surface area contributed by atoms with Crippen molar-refractivity contribution in [2.24, 2.45) is 0 Å². The lowest BCUT2D eigenvalue weighted by Crippen LogP contribution is -1.62. The zero-order valence-electron chi connectivity index (χ0n) is 6.04. The third-order valence-electron chi connectivity index (χ3n) is 1.59. The Balaban J connectivity index is 2.77. The lowest BCUT2D eigenvalue weighted by Gasteiger charge is -1.87. The summed E-state index contributed by atoms with van der Waals surface area (Å²) in [4.78, 5) is 0. The second-order valence-electron chi connectivity index (χ2n) is 2.40. The van der Waals surface area contributed by atoms with E-state index in [1.54, 1.807) is 6.07 Å². The molecule has 1 aromatic carbocycles. The minimum Gasteiger partial charge on any atom is -0.446 e. The van der Waals surface area contributed by atoms with Crippen LogP contribution in [0.1, 0.15) is 5.76 Å². The lowest BCUT2D eigenvalue weighted by molar-refractivity contribution is 0.599. The van der Waals surface area contributed by atoms with E-state index in [0.29, 0.717) is 5.76 Å². The lowest BCUT2D eigenvalue weighted by atomic mass is 10.2. The predicted molar refractivity (Wildman–Crippen MR) is 48.6 cm³/mol. The summed E-state index contributed by atoms with van der Waals surface area (Å²) in [6.07, 6.45) is 0. The molecule has 1 aromatic heterocycles. The summed E-state index contributed by atoms with van der Waals surface area (Å²) in [5.41, 5.74) is 0.745. The van der Waals surface area contributed by atoms with E-state index in [9.17, 15) is 0 Å². The van der Waals surface area contributed by atoms with E-state index in [2.05, 4.69) is 15.9 Å². The minimum absolute atomic E-state index is 0.350. The monoisotopic (exact) mass is 221 g/mol. The third kappa shape index (κ3) is 1.10. The normalized spacial score (nSPS) is 10.0. The molecule has 0 radical (unpaired) electrons. The molecule has 12 heavy (non-hydrogen) atoms. The first-order valence-electron chi connectivity index (χ1n) is 3.39. The number of furan rings is 1. The highest BCUT2D eigenvalue weighted by atomic mass is 79.9. The molecule has 0 N–H and O–H groups in total. The first kappa shape index (κ1) is 7.38. The fourth-order valence-corrected chi connectivity index (χ4v) is 1.45. The molecule has 0 aliphatic carbocycles. The molecule has 0 saturated heterocycles. The smallest absolute Gasteiger partial charge is 0.204 e. The van der Waals surface area contributed by atoms with Gasteiger partial charge in [-0.1, -0.05) is 15.9 Å². The van der Waals surface area contributed by atoms with Crippen LogP contribution in [0, 0.1) is 11.3 Å². The molecule has 0 saturated carbocycles. The van der Waals surface area contributed by atoms with Gasteiger partial charge in [0.25, 0.3) is 0 Å². The van der Waals surface area contributed by atoms with Gasteiger partial charge in [-0.15, -0.1) is 0 Å². The van der Waals surface area contributed by atoms with Crippen LogP contribution in [0.25, 0.3) is 11.0 Å². The van der Waals surface area contributed by atoms with Crippen LogP contribution in [0.2, 0.25) is 0 Å². The molecule has 1 heterocycles. The van der Waals surface area contributed by atoms with Crippen molar-refractivity contribution >= 4 is 26.9 Å². The molecule has 0 unspecified atom stereocenters. The van der Waals surface area contributed by atoms with Gasteiger partial charge in [0.2, 0.25) is 5.76 Å². The van der Waals surface area contributed by atoms with Gasteiger partial charge in [-0.2, -0.15) is 5.26 Å². The Morgan fingerprint density at radius 2 is 2.17 bits per heavy atom. The van der Waals surface area contributed by atoms with E-state index >= 15 is 0 Å². The van der Waals surface area contributed by atoms with Gasteiger partial charge in [-0.3, -0.25) is 0 Å². The summed E-state index contributed by atoms with van der Waals surface area (Å²) in [5.74, 6) is 0.350. The van der Waals surface area contributed by atoms with Gasteiger partial charge in [0.15, 0.2) is 0 Å². The number of rotatable bonds is 0. The van der Waals surface area contributed by atoms with Crippen molar-refractivity contribution in [2.45, 2.75) is 0 Å². The second-order valence-corrected chi connectivity index (χ2v) is 3.32. The summed E-state index contributed by atoms with van der Waals surface area (Å²) in [5, 5.41) is 9.50. The summed E-state index contributed by atoms with van der Waals surface area (Å²) < 4.78 is 6.18. The molecule has 0 amide bonds. The molecule has 0 fully saturated rings. The number of hydrogen-bond donors (Lipinski definition) is 0. The van der Waals surface area contributed by atoms with Gasteiger partial charge < -0.3 is 4.42 Å². The van der Waals surface area contributed by atoms with Gasteiger partial charge >= 0.3 is 0 Å². The Bertz CT molecular complexity index is 467. The summed E-state index contributed by atoms with van der Waals surface area (Å²) in [7, 11) is 0. The Morgan fingerprint density at radius 3 is 2.92 bits per heavy atom. The van der Waals surface area contributed by atoms with Gasteiger partial charge in [-0.05, 0) is 18.2 Å². The van der Waals surface area contributed by atoms with Gasteiger partial charge in [0.05, 0.1) is 0 Å². The quantitative estimate of drug-likeness (QED) is 0.686. The molecular formula is C9H4BrNO. The van der Waals surface area contributed by atoms with E-state index in [-0.39, 0.29) is 0 Å². The van der Waals surface area contributed by atoms with Crippen LogP contribution in [0.4, 0.5) is 0 Å². The summed E-state index contributed by atoms with van der Waals surface area (Å²) in [6, 6.07) is 9.31. The SMILES string of the molecule is N#Cc1cc2cc(Br)ccc2o1. The van der Waals surface area contributed by atoms with E-state index in [0.717, 1.165) is 15.4 Å². The van der Waals surface area contributed by atoms with Crippen molar-refractivity contribution in [3.8, 4) is 6.07 Å². The minimum atomic E-state index is 0.350. The maximum absolute atomic E-state index is 8.55. The first-order valence-corrected chi connectivity index (χ1v) is 4.18. The molecule has 0 spiro atoms. The van der Waals surface area contributed by atoms with E-state index in [1.807, 2.05) is 24.3 Å². The summed E-state index contributed by atoms with van der Waals surface area (Å²) >= 11 is 3.34. The van der Waals surface area contributed by atoms with Crippen molar-refractivity contribution in [1.29, 1.82) is 5.26 Å². The fraction of sp³-hybridized carbons (Fsp3) is 0. The number of nitrogens with zero attached hydrogens (tertiary/aromatic N) is 1. The van der Waals surface area contributed by atoms with Crippen LogP contribution in [0.3, 0.4) is 0 Å². The molecule has 2 aromatic rings. The highest BCUT2D eigenvalue weighted by Crippen LogP contribution is 2.22. The zero-order valence-corrected chi connectivity index (χ0v) is 7.63. The highest BCUT2D eigenvalue weighted by Gasteiger charge is 2.01. The fourth-order valence-electron chi connectivity index (χ4n) is 1.07. The maximum atomic E-state index is 8.55. The zero-order chi connectivity index (χ0) is 8.55. The van der Waals surface area contributed by atoms with E-state index in [4.69, 9.17) is 9.68 Å². The Labute approximate surface area is 77.5 Å². The Morgan fingerprint density at radius 1 is 1.33 bits per heavy atom. The average molecular weight is 222 g/mol. The van der Waals surface area contributed by atoms with Crippen LogP contribution in [-0.2, 0) is 0 Å². The van der Waals surface area contributed by atoms with Crippen LogP contribution >= 0.6 is 15.9 Å². The molecule has 0 aliphatic heterocycles. The van der Waals surface area contributed by atoms with Crippen molar-refractivity contribution in [1.82, 2.24) is 0 Å². The molecule has 3 heteroatoms. The van der Waals surface area contributed by atoms with Gasteiger partial charge in [-0.25, -0.2) is 0 Å². The van der Waals surface area contributed by atoms with Crippen LogP contribution < -0.4 is 0 Å². The molecule has 0 bridgehead atoms. The molecule has 2 rings (SSSR count). The second kappa shape index (κ2) is 2.65. The maximum Gasteiger partial charge on any atom is 0.204 e. The van der Waals surface area contributed by atoms with Crippen molar-refractivity contribution in [2.75, 3.05) is 0 Å². The van der Waals surface area contributed by atoms with E-state index < -0.39 is 0 Å². The molecule has 2 nitrogen and oxygen atoms in total. The molecule has 0 atom stereocenters. The number of nitriles is 1. The largest absolute Gasteiger partial charge is 0.446 e. The van der Waals surface area contributed by atoms with Gasteiger partial charge in [0, 0.05) is 15.9 Å². The number of halogens is 1. The van der Waals surface area contributed by atoms with Crippen LogP contribution in [-0.4, -0.2) is 0 Å². The van der Waals surface area contributed by atoms with E-state index in [1.165, 1.54) is 0 Å². The number of benzene rings is 1. The average Bonchev–Trinajstić information content (AvgIpc) is 2.46. The standard InChI is InChI=1S/C9H4BrNO/c10-7-1-2-9-6(3-7)4-8(5-11)12-9/h1-4H. The summed E-state index contributed by atoms with van der Waals surface area (Å²) in [6.45, 7) is 0. The number of hydrogen-bond acceptors (Lipinski definition) is 2. The van der Waals surface area contributed by atoms with Crippen molar-refractivity contribution < 1.29 is 4.42 Å². The number of fused-ring (bicyclic) bond motifs is 1. The van der Waals surface area contributed by atoms with Crippen molar-refractivity contribution in [3.05, 3.63) is 34.5 Å². The van der Waals surface area contributed by atoms with Crippen LogP contribution in [0.15, 0.2) is 33.2 Å². The Hall–Kier alpha value is -1.27. The predicted octanol–water partition coefficient (Wildman–Crippen LogP) is 3.07. The Kier molecular flexibility index (Phi) is 1.63. The van der Waals surface area contributed by atoms with Crippen molar-refractivity contribution in [3.63, 3.8) is 0 Å².